The van der Waals surface area contributed by atoms with Gasteiger partial charge in [0.2, 0.25) is 5.91 Å². The summed E-state index contributed by atoms with van der Waals surface area (Å²) in [5, 5.41) is 0. The maximum Gasteiger partial charge on any atom is 0.273 e. The van der Waals surface area contributed by atoms with Gasteiger partial charge in [-0.1, -0.05) is 6.07 Å². The van der Waals surface area contributed by atoms with Crippen LogP contribution in [0.5, 0.6) is 0 Å². The molecule has 2 saturated heterocycles. The summed E-state index contributed by atoms with van der Waals surface area (Å²) in [5.41, 5.74) is 3.49. The highest BCUT2D eigenvalue weighted by molar-refractivity contribution is 5.92. The van der Waals surface area contributed by atoms with Crippen molar-refractivity contribution in [1.82, 2.24) is 19.8 Å². The zero-order valence-electron chi connectivity index (χ0n) is 17.0. The van der Waals surface area contributed by atoms with E-state index in [0.29, 0.717) is 5.69 Å². The normalized spacial score (nSPS) is 19.5. The maximum atomic E-state index is 13.0. The summed E-state index contributed by atoms with van der Waals surface area (Å²) in [6.07, 6.45) is 3.53. The van der Waals surface area contributed by atoms with E-state index in [1.807, 2.05) is 28.9 Å². The van der Waals surface area contributed by atoms with Crippen LogP contribution in [0.25, 0.3) is 0 Å². The van der Waals surface area contributed by atoms with E-state index in [0.717, 1.165) is 62.6 Å². The van der Waals surface area contributed by atoms with Crippen LogP contribution in [0.2, 0.25) is 0 Å². The van der Waals surface area contributed by atoms with Gasteiger partial charge in [0.25, 0.3) is 5.91 Å². The monoisotopic (exact) mass is 393 g/mol. The molecule has 4 rings (SSSR count). The second-order valence-corrected chi connectivity index (χ2v) is 7.76. The molecule has 7 heteroatoms. The SMILES string of the molecule is CC(=O)N1CCN(c2cc(C)nc([C@H]3CCCN3C(=O)c3ccccn3)c2)CC1. The third kappa shape index (κ3) is 4.09. The molecule has 4 heterocycles. The van der Waals surface area contributed by atoms with E-state index in [1.54, 1.807) is 19.2 Å². The molecule has 0 unspecified atom stereocenters. The largest absolute Gasteiger partial charge is 0.368 e. The lowest BCUT2D eigenvalue weighted by Gasteiger charge is -2.36. The maximum absolute atomic E-state index is 13.0. The van der Waals surface area contributed by atoms with Crippen LogP contribution in [0.4, 0.5) is 5.69 Å². The van der Waals surface area contributed by atoms with Gasteiger partial charge in [0, 0.05) is 57.2 Å². The number of aromatic nitrogens is 2. The van der Waals surface area contributed by atoms with Gasteiger partial charge in [-0.3, -0.25) is 19.6 Å². The number of carbonyl (C=O) groups is 2. The van der Waals surface area contributed by atoms with Crippen LogP contribution in [0.1, 0.15) is 47.7 Å². The highest BCUT2D eigenvalue weighted by Gasteiger charge is 2.32. The van der Waals surface area contributed by atoms with Gasteiger partial charge in [0.05, 0.1) is 11.7 Å². The van der Waals surface area contributed by atoms with Crippen LogP contribution < -0.4 is 4.90 Å². The first-order valence-corrected chi connectivity index (χ1v) is 10.2. The van der Waals surface area contributed by atoms with E-state index in [4.69, 9.17) is 4.98 Å². The number of nitrogens with zero attached hydrogens (tertiary/aromatic N) is 5. The topological polar surface area (TPSA) is 69.6 Å². The second kappa shape index (κ2) is 8.19. The molecule has 2 aliphatic heterocycles. The molecule has 0 aromatic carbocycles. The van der Waals surface area contributed by atoms with Crippen LogP contribution in [0.3, 0.4) is 0 Å². The van der Waals surface area contributed by atoms with Crippen molar-refractivity contribution >= 4 is 17.5 Å². The van der Waals surface area contributed by atoms with Crippen molar-refractivity contribution in [3.8, 4) is 0 Å². The fourth-order valence-corrected chi connectivity index (χ4v) is 4.26. The van der Waals surface area contributed by atoms with Gasteiger partial charge in [-0.2, -0.15) is 0 Å². The second-order valence-electron chi connectivity index (χ2n) is 7.76. The van der Waals surface area contributed by atoms with Gasteiger partial charge in [-0.25, -0.2) is 0 Å². The summed E-state index contributed by atoms with van der Waals surface area (Å²) < 4.78 is 0. The number of piperazine rings is 1. The number of hydrogen-bond acceptors (Lipinski definition) is 5. The molecule has 1 atom stereocenters. The smallest absolute Gasteiger partial charge is 0.273 e. The molecule has 0 bridgehead atoms. The Labute approximate surface area is 171 Å². The zero-order chi connectivity index (χ0) is 20.4. The molecule has 0 saturated carbocycles. The third-order valence-electron chi connectivity index (χ3n) is 5.79. The minimum absolute atomic E-state index is 0.0262. The minimum atomic E-state index is -0.0342. The van der Waals surface area contributed by atoms with E-state index in [9.17, 15) is 9.59 Å². The quantitative estimate of drug-likeness (QED) is 0.801. The Bertz CT molecular complexity index is 893. The van der Waals surface area contributed by atoms with E-state index in [2.05, 4.69) is 22.0 Å². The van der Waals surface area contributed by atoms with Crippen molar-refractivity contribution in [2.45, 2.75) is 32.7 Å². The molecule has 2 aromatic heterocycles. The molecular formula is C22H27N5O2. The van der Waals surface area contributed by atoms with Crippen LogP contribution in [0, 0.1) is 6.92 Å². The first kappa shape index (κ1) is 19.4. The van der Waals surface area contributed by atoms with Crippen LogP contribution in [-0.4, -0.2) is 64.3 Å². The molecule has 2 aliphatic rings. The van der Waals surface area contributed by atoms with Gasteiger partial charge < -0.3 is 14.7 Å². The van der Waals surface area contributed by atoms with Gasteiger partial charge >= 0.3 is 0 Å². The van der Waals surface area contributed by atoms with Crippen molar-refractivity contribution < 1.29 is 9.59 Å². The fraction of sp³-hybridized carbons (Fsp3) is 0.455. The Hall–Kier alpha value is -2.96. The summed E-state index contributed by atoms with van der Waals surface area (Å²) in [6.45, 7) is 7.44. The lowest BCUT2D eigenvalue weighted by Crippen LogP contribution is -2.48. The fourth-order valence-electron chi connectivity index (χ4n) is 4.26. The molecular weight excluding hydrogens is 366 g/mol. The summed E-state index contributed by atoms with van der Waals surface area (Å²) in [6, 6.07) is 9.61. The lowest BCUT2D eigenvalue weighted by molar-refractivity contribution is -0.129. The molecule has 2 amide bonds. The highest BCUT2D eigenvalue weighted by atomic mass is 16.2. The number of likely N-dealkylation sites (tertiary alicyclic amines) is 1. The number of pyridine rings is 2. The van der Waals surface area contributed by atoms with Crippen molar-refractivity contribution in [3.63, 3.8) is 0 Å². The Kier molecular flexibility index (Phi) is 5.47. The number of aryl methyl sites for hydroxylation is 1. The van der Waals surface area contributed by atoms with E-state index in [1.165, 1.54) is 0 Å². The van der Waals surface area contributed by atoms with Crippen LogP contribution in [0.15, 0.2) is 36.5 Å². The van der Waals surface area contributed by atoms with Crippen LogP contribution >= 0.6 is 0 Å². The predicted molar refractivity (Wildman–Crippen MR) is 111 cm³/mol. The van der Waals surface area contributed by atoms with Crippen molar-refractivity contribution in [2.75, 3.05) is 37.6 Å². The number of rotatable bonds is 3. The molecule has 2 fully saturated rings. The standard InChI is InChI=1S/C22H27N5O2/c1-16-14-18(26-12-10-25(11-13-26)17(2)28)15-20(24-16)21-7-5-9-27(21)22(29)19-6-3-4-8-23-19/h3-4,6,8,14-15,21H,5,7,9-13H2,1-2H3/t21-/m1/s1. The molecule has 7 nitrogen and oxygen atoms in total. The number of hydrogen-bond donors (Lipinski definition) is 0. The Morgan fingerprint density at radius 3 is 2.55 bits per heavy atom. The number of carbonyl (C=O) groups excluding carboxylic acids is 2. The average Bonchev–Trinajstić information content (AvgIpc) is 3.23. The summed E-state index contributed by atoms with van der Waals surface area (Å²) in [5.74, 6) is 0.0962. The Morgan fingerprint density at radius 2 is 1.86 bits per heavy atom. The minimum Gasteiger partial charge on any atom is -0.368 e. The molecule has 0 spiro atoms. The van der Waals surface area contributed by atoms with Crippen molar-refractivity contribution in [2.24, 2.45) is 0 Å². The average molecular weight is 393 g/mol. The first-order chi connectivity index (χ1) is 14.0. The van der Waals surface area contributed by atoms with E-state index in [-0.39, 0.29) is 17.9 Å². The van der Waals surface area contributed by atoms with Gasteiger partial charge in [0.15, 0.2) is 0 Å². The van der Waals surface area contributed by atoms with Crippen molar-refractivity contribution in [1.29, 1.82) is 0 Å². The summed E-state index contributed by atoms with van der Waals surface area (Å²) >= 11 is 0. The molecule has 2 aromatic rings. The Balaban J connectivity index is 1.55. The summed E-state index contributed by atoms with van der Waals surface area (Å²) in [4.78, 5) is 39.7. The van der Waals surface area contributed by atoms with Gasteiger partial charge in [-0.15, -0.1) is 0 Å². The first-order valence-electron chi connectivity index (χ1n) is 10.2. The molecule has 152 valence electrons. The van der Waals surface area contributed by atoms with Crippen molar-refractivity contribution in [3.05, 3.63) is 53.6 Å². The molecule has 29 heavy (non-hydrogen) atoms. The Morgan fingerprint density at radius 1 is 1.07 bits per heavy atom. The van der Waals surface area contributed by atoms with Gasteiger partial charge in [-0.05, 0) is 44.0 Å². The van der Waals surface area contributed by atoms with Gasteiger partial charge in [0.1, 0.15) is 5.69 Å². The van der Waals surface area contributed by atoms with E-state index >= 15 is 0 Å². The molecule has 0 radical (unpaired) electrons. The molecule has 0 aliphatic carbocycles. The van der Waals surface area contributed by atoms with E-state index < -0.39 is 0 Å². The lowest BCUT2D eigenvalue weighted by atomic mass is 10.1. The molecule has 0 N–H and O–H groups in total. The number of amides is 2. The predicted octanol–water partition coefficient (Wildman–Crippen LogP) is 2.43. The highest BCUT2D eigenvalue weighted by Crippen LogP contribution is 2.34. The van der Waals surface area contributed by atoms with Crippen LogP contribution in [-0.2, 0) is 4.79 Å². The number of anilines is 1. The zero-order valence-corrected chi connectivity index (χ0v) is 17.0. The third-order valence-corrected chi connectivity index (χ3v) is 5.79. The summed E-state index contributed by atoms with van der Waals surface area (Å²) in [7, 11) is 0.